The quantitative estimate of drug-likeness (QED) is 0.273. The van der Waals surface area contributed by atoms with Crippen molar-refractivity contribution in [2.45, 2.75) is 6.54 Å². The third-order valence-electron chi connectivity index (χ3n) is 1.47. The molecule has 0 radical (unpaired) electrons. The minimum absolute atomic E-state index is 0.0254. The van der Waals surface area contributed by atoms with E-state index in [0.717, 1.165) is 0 Å². The molecule has 0 saturated carbocycles. The number of hydrogen-bond donors (Lipinski definition) is 0. The average molecular weight is 257 g/mol. The third-order valence-corrected chi connectivity index (χ3v) is 1.93. The normalized spacial score (nSPS) is 9.21. The molecule has 1 rings (SSSR count). The Morgan fingerprint density at radius 2 is 2.29 bits per heavy atom. The molecule has 0 spiro atoms. The maximum absolute atomic E-state index is 10.5. The van der Waals surface area contributed by atoms with Crippen molar-refractivity contribution in [1.82, 2.24) is 0 Å². The Bertz CT molecular complexity index is 414. The van der Waals surface area contributed by atoms with Crippen LogP contribution in [0.3, 0.4) is 0 Å². The summed E-state index contributed by atoms with van der Waals surface area (Å²) in [4.78, 5) is 12.5. The number of non-ortho nitro benzene ring substituents is 1. The van der Waals surface area contributed by atoms with Gasteiger partial charge in [-0.05, 0) is 17.2 Å². The fraction of sp³-hybridized carbons (Fsp3) is 0.143. The zero-order valence-electron chi connectivity index (χ0n) is 6.92. The highest BCUT2D eigenvalue weighted by Gasteiger charge is 2.07. The topological polar surface area (TPSA) is 91.9 Å². The van der Waals surface area contributed by atoms with Crippen LogP contribution in [0.4, 0.5) is 5.69 Å². The third kappa shape index (κ3) is 2.72. The second kappa shape index (κ2) is 4.59. The van der Waals surface area contributed by atoms with Crippen molar-refractivity contribution >= 4 is 21.6 Å². The van der Waals surface area contributed by atoms with Crippen LogP contribution >= 0.6 is 15.9 Å². The van der Waals surface area contributed by atoms with Crippen LogP contribution in [-0.2, 0) is 6.54 Å². The van der Waals surface area contributed by atoms with Gasteiger partial charge in [0.25, 0.3) is 5.69 Å². The van der Waals surface area contributed by atoms with Crippen molar-refractivity contribution in [2.24, 2.45) is 5.11 Å². The molecule has 0 N–H and O–H groups in total. The van der Waals surface area contributed by atoms with E-state index >= 15 is 0 Å². The molecule has 0 aliphatic heterocycles. The van der Waals surface area contributed by atoms with Gasteiger partial charge in [0.1, 0.15) is 0 Å². The highest BCUT2D eigenvalue weighted by Crippen LogP contribution is 2.21. The molecule has 0 fully saturated rings. The van der Waals surface area contributed by atoms with Crippen LogP contribution in [0.25, 0.3) is 10.4 Å². The molecule has 1 aromatic carbocycles. The number of nitrogens with zero attached hydrogens (tertiary/aromatic N) is 4. The molecular weight excluding hydrogens is 252 g/mol. The summed E-state index contributed by atoms with van der Waals surface area (Å²) in [7, 11) is 0. The highest BCUT2D eigenvalue weighted by atomic mass is 79.9. The van der Waals surface area contributed by atoms with Gasteiger partial charge in [0.15, 0.2) is 0 Å². The smallest absolute Gasteiger partial charge is 0.258 e. The number of rotatable bonds is 3. The first-order valence-corrected chi connectivity index (χ1v) is 4.37. The van der Waals surface area contributed by atoms with Gasteiger partial charge in [-0.1, -0.05) is 21.0 Å². The largest absolute Gasteiger partial charge is 0.270 e. The molecule has 0 aromatic heterocycles. The lowest BCUT2D eigenvalue weighted by molar-refractivity contribution is -0.385. The van der Waals surface area contributed by atoms with Crippen LogP contribution in [0.15, 0.2) is 27.8 Å². The van der Waals surface area contributed by atoms with Gasteiger partial charge in [0.05, 0.1) is 11.5 Å². The Balaban J connectivity index is 3.06. The summed E-state index contributed by atoms with van der Waals surface area (Å²) >= 11 is 3.13. The lowest BCUT2D eigenvalue weighted by atomic mass is 10.2. The fourth-order valence-corrected chi connectivity index (χ4v) is 1.47. The second-order valence-corrected chi connectivity index (χ2v) is 3.38. The lowest BCUT2D eigenvalue weighted by Gasteiger charge is -1.97. The lowest BCUT2D eigenvalue weighted by Crippen LogP contribution is -1.90. The predicted molar refractivity (Wildman–Crippen MR) is 53.6 cm³/mol. The summed E-state index contributed by atoms with van der Waals surface area (Å²) in [6.45, 7) is 0.108. The van der Waals surface area contributed by atoms with E-state index in [-0.39, 0.29) is 12.2 Å². The van der Waals surface area contributed by atoms with Gasteiger partial charge in [-0.15, -0.1) is 0 Å². The van der Waals surface area contributed by atoms with Crippen LogP contribution in [0.1, 0.15) is 5.56 Å². The number of nitro groups is 1. The maximum Gasteiger partial charge on any atom is 0.270 e. The van der Waals surface area contributed by atoms with E-state index in [2.05, 4.69) is 26.0 Å². The second-order valence-electron chi connectivity index (χ2n) is 2.46. The fourth-order valence-electron chi connectivity index (χ4n) is 0.943. The van der Waals surface area contributed by atoms with Crippen molar-refractivity contribution < 1.29 is 4.92 Å². The van der Waals surface area contributed by atoms with Crippen molar-refractivity contribution in [3.63, 3.8) is 0 Å². The van der Waals surface area contributed by atoms with E-state index in [1.165, 1.54) is 12.1 Å². The number of benzene rings is 1. The summed E-state index contributed by atoms with van der Waals surface area (Å²) < 4.78 is 0.592. The molecule has 0 aliphatic carbocycles. The molecule has 0 heterocycles. The Morgan fingerprint density at radius 1 is 1.57 bits per heavy atom. The molecule has 1 aromatic rings. The average Bonchev–Trinajstić information content (AvgIpc) is 2.14. The van der Waals surface area contributed by atoms with E-state index in [0.29, 0.717) is 10.0 Å². The van der Waals surface area contributed by atoms with Gasteiger partial charge in [-0.2, -0.15) is 0 Å². The molecular formula is C7H5BrN4O2. The molecule has 14 heavy (non-hydrogen) atoms. The van der Waals surface area contributed by atoms with Gasteiger partial charge >= 0.3 is 0 Å². The van der Waals surface area contributed by atoms with Gasteiger partial charge < -0.3 is 0 Å². The van der Waals surface area contributed by atoms with Gasteiger partial charge in [0.2, 0.25) is 0 Å². The molecule has 7 heteroatoms. The van der Waals surface area contributed by atoms with Crippen LogP contribution in [0.5, 0.6) is 0 Å². The summed E-state index contributed by atoms with van der Waals surface area (Å²) in [6.07, 6.45) is 0. The van der Waals surface area contributed by atoms with Crippen molar-refractivity contribution in [3.8, 4) is 0 Å². The molecule has 0 amide bonds. The van der Waals surface area contributed by atoms with Crippen LogP contribution in [0.2, 0.25) is 0 Å². The number of halogens is 1. The Kier molecular flexibility index (Phi) is 3.44. The molecule has 0 aliphatic rings. The predicted octanol–water partition coefficient (Wildman–Crippen LogP) is 3.17. The van der Waals surface area contributed by atoms with E-state index in [1.54, 1.807) is 6.07 Å². The Labute approximate surface area is 87.5 Å². The summed E-state index contributed by atoms with van der Waals surface area (Å²) in [6, 6.07) is 4.43. The minimum Gasteiger partial charge on any atom is -0.258 e. The highest BCUT2D eigenvalue weighted by molar-refractivity contribution is 9.10. The van der Waals surface area contributed by atoms with Crippen LogP contribution in [0, 0.1) is 10.1 Å². The zero-order chi connectivity index (χ0) is 10.6. The van der Waals surface area contributed by atoms with E-state index in [9.17, 15) is 10.1 Å². The Morgan fingerprint density at radius 3 is 2.86 bits per heavy atom. The molecule has 72 valence electrons. The molecule has 0 saturated heterocycles. The SMILES string of the molecule is [N-]=[N+]=NCc1cc(Br)cc([N+](=O)[O-])c1. The molecule has 0 unspecified atom stereocenters. The van der Waals surface area contributed by atoms with Gasteiger partial charge in [-0.25, -0.2) is 0 Å². The van der Waals surface area contributed by atoms with Gasteiger partial charge in [0, 0.05) is 21.5 Å². The minimum atomic E-state index is -0.496. The van der Waals surface area contributed by atoms with E-state index < -0.39 is 4.92 Å². The molecule has 6 nitrogen and oxygen atoms in total. The van der Waals surface area contributed by atoms with Gasteiger partial charge in [-0.3, -0.25) is 10.1 Å². The van der Waals surface area contributed by atoms with Crippen molar-refractivity contribution in [2.75, 3.05) is 0 Å². The Hall–Kier alpha value is -1.59. The van der Waals surface area contributed by atoms with Crippen LogP contribution < -0.4 is 0 Å². The standard InChI is InChI=1S/C7H5BrN4O2/c8-6-1-5(4-10-11-9)2-7(3-6)12(13)14/h1-3H,4H2. The molecule has 0 bridgehead atoms. The summed E-state index contributed by atoms with van der Waals surface area (Å²) in [5.41, 5.74) is 8.66. The summed E-state index contributed by atoms with van der Waals surface area (Å²) in [5, 5.41) is 13.8. The maximum atomic E-state index is 10.5. The zero-order valence-corrected chi connectivity index (χ0v) is 8.51. The molecule has 0 atom stereocenters. The first-order valence-electron chi connectivity index (χ1n) is 3.58. The number of hydrogen-bond acceptors (Lipinski definition) is 3. The van der Waals surface area contributed by atoms with E-state index in [1.807, 2.05) is 0 Å². The summed E-state index contributed by atoms with van der Waals surface area (Å²) in [5.74, 6) is 0. The first kappa shape index (κ1) is 10.5. The van der Waals surface area contributed by atoms with Crippen molar-refractivity contribution in [1.29, 1.82) is 0 Å². The van der Waals surface area contributed by atoms with Crippen LogP contribution in [-0.4, -0.2) is 4.92 Å². The van der Waals surface area contributed by atoms with Crippen molar-refractivity contribution in [3.05, 3.63) is 48.8 Å². The first-order chi connectivity index (χ1) is 6.63. The van der Waals surface area contributed by atoms with E-state index in [4.69, 9.17) is 5.53 Å². The monoisotopic (exact) mass is 256 g/mol. The number of nitro benzene ring substituents is 1. The number of azide groups is 1.